The predicted molar refractivity (Wildman–Crippen MR) is 67.3 cm³/mol. The SMILES string of the molecule is CC(=CCCBr)Cc1ccccc1Cl. The molecule has 0 aliphatic carbocycles. The molecule has 0 atom stereocenters. The van der Waals surface area contributed by atoms with E-state index in [9.17, 15) is 0 Å². The Morgan fingerprint density at radius 1 is 1.43 bits per heavy atom. The predicted octanol–water partition coefficient (Wildman–Crippen LogP) is 4.61. The third-order valence-corrected chi connectivity index (χ3v) is 2.86. The number of alkyl halides is 1. The molecule has 0 heterocycles. The summed E-state index contributed by atoms with van der Waals surface area (Å²) in [6.45, 7) is 2.14. The molecule has 0 aromatic heterocycles. The summed E-state index contributed by atoms with van der Waals surface area (Å²) < 4.78 is 0. The molecule has 0 nitrogen and oxygen atoms in total. The van der Waals surface area contributed by atoms with Gasteiger partial charge in [0.25, 0.3) is 0 Å². The van der Waals surface area contributed by atoms with E-state index < -0.39 is 0 Å². The van der Waals surface area contributed by atoms with Gasteiger partial charge in [-0.3, -0.25) is 0 Å². The minimum Gasteiger partial charge on any atom is -0.0925 e. The molecule has 0 bridgehead atoms. The van der Waals surface area contributed by atoms with E-state index in [0.717, 1.165) is 23.2 Å². The van der Waals surface area contributed by atoms with Crippen LogP contribution in [0.25, 0.3) is 0 Å². The maximum absolute atomic E-state index is 6.07. The van der Waals surface area contributed by atoms with Crippen LogP contribution in [0.2, 0.25) is 5.02 Å². The zero-order valence-corrected chi connectivity index (χ0v) is 10.6. The largest absolute Gasteiger partial charge is 0.0925 e. The molecule has 0 spiro atoms. The summed E-state index contributed by atoms with van der Waals surface area (Å²) in [5.41, 5.74) is 2.58. The first-order chi connectivity index (χ1) is 6.74. The monoisotopic (exact) mass is 272 g/mol. The molecule has 0 fully saturated rings. The van der Waals surface area contributed by atoms with Gasteiger partial charge in [0.2, 0.25) is 0 Å². The number of allylic oxidation sites excluding steroid dienone is 2. The van der Waals surface area contributed by atoms with Crippen LogP contribution in [0.4, 0.5) is 0 Å². The first-order valence-electron chi connectivity index (χ1n) is 4.69. The van der Waals surface area contributed by atoms with Crippen molar-refractivity contribution in [1.29, 1.82) is 0 Å². The molecule has 0 unspecified atom stereocenters. The van der Waals surface area contributed by atoms with E-state index >= 15 is 0 Å². The average molecular weight is 274 g/mol. The van der Waals surface area contributed by atoms with Crippen molar-refractivity contribution in [3.05, 3.63) is 46.5 Å². The molecule has 14 heavy (non-hydrogen) atoms. The van der Waals surface area contributed by atoms with Gasteiger partial charge < -0.3 is 0 Å². The van der Waals surface area contributed by atoms with Crippen molar-refractivity contribution in [3.8, 4) is 0 Å². The molecule has 0 N–H and O–H groups in total. The maximum atomic E-state index is 6.07. The van der Waals surface area contributed by atoms with Gasteiger partial charge in [0, 0.05) is 10.4 Å². The van der Waals surface area contributed by atoms with Crippen molar-refractivity contribution in [3.63, 3.8) is 0 Å². The first-order valence-corrected chi connectivity index (χ1v) is 6.19. The van der Waals surface area contributed by atoms with Crippen LogP contribution in [0.3, 0.4) is 0 Å². The lowest BCUT2D eigenvalue weighted by molar-refractivity contribution is 1.10. The molecule has 0 saturated carbocycles. The van der Waals surface area contributed by atoms with Crippen molar-refractivity contribution < 1.29 is 0 Å². The standard InChI is InChI=1S/C12H14BrCl/c1-10(5-4-8-13)9-11-6-2-3-7-12(11)14/h2-3,5-7H,4,8-9H2,1H3. The summed E-state index contributed by atoms with van der Waals surface area (Å²) in [6, 6.07) is 8.00. The summed E-state index contributed by atoms with van der Waals surface area (Å²) in [7, 11) is 0. The Hall–Kier alpha value is -0.270. The minimum atomic E-state index is 0.860. The molecule has 1 rings (SSSR count). The Labute approximate surface area is 99.1 Å². The van der Waals surface area contributed by atoms with Gasteiger partial charge in [0.05, 0.1) is 0 Å². The van der Waals surface area contributed by atoms with E-state index in [-0.39, 0.29) is 0 Å². The molecular weight excluding hydrogens is 259 g/mol. The lowest BCUT2D eigenvalue weighted by Crippen LogP contribution is -1.88. The van der Waals surface area contributed by atoms with Crippen LogP contribution in [-0.2, 0) is 6.42 Å². The number of hydrogen-bond acceptors (Lipinski definition) is 0. The van der Waals surface area contributed by atoms with E-state index in [4.69, 9.17) is 11.6 Å². The fourth-order valence-corrected chi connectivity index (χ4v) is 1.75. The van der Waals surface area contributed by atoms with Crippen LogP contribution in [0.5, 0.6) is 0 Å². The zero-order chi connectivity index (χ0) is 10.4. The van der Waals surface area contributed by atoms with Gasteiger partial charge in [-0.2, -0.15) is 0 Å². The molecule has 1 aromatic rings. The van der Waals surface area contributed by atoms with E-state index in [2.05, 4.69) is 35.0 Å². The highest BCUT2D eigenvalue weighted by molar-refractivity contribution is 9.09. The smallest absolute Gasteiger partial charge is 0.0441 e. The quantitative estimate of drug-likeness (QED) is 0.555. The normalized spacial score (nSPS) is 11.8. The Bertz CT molecular complexity index is 318. The number of hydrogen-bond donors (Lipinski definition) is 0. The Morgan fingerprint density at radius 2 is 2.14 bits per heavy atom. The van der Waals surface area contributed by atoms with Crippen molar-refractivity contribution in [2.45, 2.75) is 19.8 Å². The number of rotatable bonds is 4. The molecule has 0 radical (unpaired) electrons. The molecule has 1 aromatic carbocycles. The van der Waals surface area contributed by atoms with Gasteiger partial charge in [-0.15, -0.1) is 0 Å². The topological polar surface area (TPSA) is 0 Å². The first kappa shape index (κ1) is 11.8. The maximum Gasteiger partial charge on any atom is 0.0441 e. The lowest BCUT2D eigenvalue weighted by Gasteiger charge is -2.03. The Balaban J connectivity index is 2.64. The van der Waals surface area contributed by atoms with E-state index in [1.54, 1.807) is 0 Å². The van der Waals surface area contributed by atoms with Gasteiger partial charge in [0.15, 0.2) is 0 Å². The molecule has 76 valence electrons. The fraction of sp³-hybridized carbons (Fsp3) is 0.333. The van der Waals surface area contributed by atoms with Gasteiger partial charge >= 0.3 is 0 Å². The van der Waals surface area contributed by atoms with Gasteiger partial charge in [-0.25, -0.2) is 0 Å². The minimum absolute atomic E-state index is 0.860. The molecular formula is C12H14BrCl. The number of benzene rings is 1. The summed E-state index contributed by atoms with van der Waals surface area (Å²) in [4.78, 5) is 0. The zero-order valence-electron chi connectivity index (χ0n) is 8.26. The molecule has 0 aliphatic heterocycles. The number of halogens is 2. The molecule has 0 saturated heterocycles. The highest BCUT2D eigenvalue weighted by atomic mass is 79.9. The average Bonchev–Trinajstić information content (AvgIpc) is 2.18. The third kappa shape index (κ3) is 3.85. The Kier molecular flexibility index (Phi) is 5.28. The van der Waals surface area contributed by atoms with E-state index in [1.807, 2.05) is 18.2 Å². The van der Waals surface area contributed by atoms with Crippen molar-refractivity contribution in [2.24, 2.45) is 0 Å². The van der Waals surface area contributed by atoms with Crippen LogP contribution in [0, 0.1) is 0 Å². The van der Waals surface area contributed by atoms with Crippen LogP contribution >= 0.6 is 27.5 Å². The van der Waals surface area contributed by atoms with Crippen LogP contribution < -0.4 is 0 Å². The molecule has 0 aliphatic rings. The second kappa shape index (κ2) is 6.26. The van der Waals surface area contributed by atoms with E-state index in [0.29, 0.717) is 0 Å². The molecule has 2 heteroatoms. The van der Waals surface area contributed by atoms with Crippen molar-refractivity contribution in [1.82, 2.24) is 0 Å². The van der Waals surface area contributed by atoms with E-state index in [1.165, 1.54) is 11.1 Å². The lowest BCUT2D eigenvalue weighted by atomic mass is 10.1. The van der Waals surface area contributed by atoms with Gasteiger partial charge in [-0.05, 0) is 31.4 Å². The second-order valence-corrected chi connectivity index (χ2v) is 4.50. The molecule has 0 amide bonds. The summed E-state index contributed by atoms with van der Waals surface area (Å²) in [5.74, 6) is 0. The van der Waals surface area contributed by atoms with Crippen LogP contribution in [-0.4, -0.2) is 5.33 Å². The van der Waals surface area contributed by atoms with Crippen molar-refractivity contribution >= 4 is 27.5 Å². The fourth-order valence-electron chi connectivity index (χ4n) is 1.32. The Morgan fingerprint density at radius 3 is 2.79 bits per heavy atom. The highest BCUT2D eigenvalue weighted by Crippen LogP contribution is 2.18. The third-order valence-electron chi connectivity index (χ3n) is 2.03. The highest BCUT2D eigenvalue weighted by Gasteiger charge is 1.98. The summed E-state index contributed by atoms with van der Waals surface area (Å²) in [6.07, 6.45) is 4.28. The summed E-state index contributed by atoms with van der Waals surface area (Å²) in [5, 5.41) is 1.88. The summed E-state index contributed by atoms with van der Waals surface area (Å²) >= 11 is 9.47. The second-order valence-electron chi connectivity index (χ2n) is 3.30. The van der Waals surface area contributed by atoms with Gasteiger partial charge in [0.1, 0.15) is 0 Å². The van der Waals surface area contributed by atoms with Crippen LogP contribution in [0.1, 0.15) is 18.9 Å². The van der Waals surface area contributed by atoms with Crippen LogP contribution in [0.15, 0.2) is 35.9 Å². The van der Waals surface area contributed by atoms with Crippen molar-refractivity contribution in [2.75, 3.05) is 5.33 Å². The van der Waals surface area contributed by atoms with Gasteiger partial charge in [-0.1, -0.05) is 57.4 Å².